The summed E-state index contributed by atoms with van der Waals surface area (Å²) in [6, 6.07) is 9.36. The Morgan fingerprint density at radius 3 is 2.50 bits per heavy atom. The lowest BCUT2D eigenvalue weighted by molar-refractivity contribution is 0.0652. The van der Waals surface area contributed by atoms with Gasteiger partial charge in [0, 0.05) is 11.6 Å². The summed E-state index contributed by atoms with van der Waals surface area (Å²) >= 11 is 0. The largest absolute Gasteiger partial charge is 0.475 e. The second-order valence-corrected chi connectivity index (χ2v) is 4.68. The first-order valence-corrected chi connectivity index (χ1v) is 5.85. The van der Waals surface area contributed by atoms with Crippen LogP contribution in [0.5, 0.6) is 0 Å². The van der Waals surface area contributed by atoms with Crippen molar-refractivity contribution in [3.8, 4) is 11.3 Å². The SMILES string of the molecule is CC(C)Cc1ccc(-c2cc(C(=O)O)on2)cc1. The van der Waals surface area contributed by atoms with Crippen LogP contribution in [-0.4, -0.2) is 16.2 Å². The zero-order valence-electron chi connectivity index (χ0n) is 10.4. The molecule has 0 aliphatic heterocycles. The number of rotatable bonds is 4. The molecular weight excluding hydrogens is 230 g/mol. The Morgan fingerprint density at radius 2 is 2.00 bits per heavy atom. The van der Waals surface area contributed by atoms with Crippen LogP contribution in [0, 0.1) is 5.92 Å². The van der Waals surface area contributed by atoms with Crippen molar-refractivity contribution in [1.29, 1.82) is 0 Å². The highest BCUT2D eigenvalue weighted by atomic mass is 16.5. The van der Waals surface area contributed by atoms with Crippen LogP contribution in [0.25, 0.3) is 11.3 Å². The lowest BCUT2D eigenvalue weighted by Gasteiger charge is -2.04. The molecule has 0 spiro atoms. The lowest BCUT2D eigenvalue weighted by atomic mass is 10.0. The molecule has 1 heterocycles. The van der Waals surface area contributed by atoms with E-state index < -0.39 is 5.97 Å². The fourth-order valence-corrected chi connectivity index (χ4v) is 1.80. The highest BCUT2D eigenvalue weighted by Crippen LogP contribution is 2.20. The van der Waals surface area contributed by atoms with Crippen molar-refractivity contribution in [2.45, 2.75) is 20.3 Å². The van der Waals surface area contributed by atoms with Crippen LogP contribution in [0.15, 0.2) is 34.9 Å². The lowest BCUT2D eigenvalue weighted by Crippen LogP contribution is -1.93. The van der Waals surface area contributed by atoms with Gasteiger partial charge in [-0.2, -0.15) is 0 Å². The molecule has 0 atom stereocenters. The van der Waals surface area contributed by atoms with E-state index in [9.17, 15) is 4.79 Å². The molecule has 4 heteroatoms. The van der Waals surface area contributed by atoms with Crippen LogP contribution in [-0.2, 0) is 6.42 Å². The van der Waals surface area contributed by atoms with E-state index in [4.69, 9.17) is 9.63 Å². The minimum atomic E-state index is -1.11. The molecule has 4 nitrogen and oxygen atoms in total. The van der Waals surface area contributed by atoms with E-state index in [2.05, 4.69) is 19.0 Å². The topological polar surface area (TPSA) is 63.3 Å². The molecule has 0 fully saturated rings. The van der Waals surface area contributed by atoms with Gasteiger partial charge in [-0.3, -0.25) is 0 Å². The average Bonchev–Trinajstić information content (AvgIpc) is 2.78. The van der Waals surface area contributed by atoms with E-state index >= 15 is 0 Å². The molecular formula is C14H15NO3. The molecule has 0 aliphatic rings. The number of benzene rings is 1. The quantitative estimate of drug-likeness (QED) is 0.898. The van der Waals surface area contributed by atoms with Gasteiger partial charge in [-0.1, -0.05) is 43.3 Å². The predicted octanol–water partition coefficient (Wildman–Crippen LogP) is 3.24. The van der Waals surface area contributed by atoms with Gasteiger partial charge in [-0.05, 0) is 17.9 Å². The minimum absolute atomic E-state index is 0.142. The number of carbonyl (C=O) groups is 1. The van der Waals surface area contributed by atoms with Crippen molar-refractivity contribution >= 4 is 5.97 Å². The van der Waals surface area contributed by atoms with Crippen molar-refractivity contribution in [2.24, 2.45) is 5.92 Å². The molecule has 0 aliphatic carbocycles. The van der Waals surface area contributed by atoms with Gasteiger partial charge in [-0.15, -0.1) is 0 Å². The van der Waals surface area contributed by atoms with E-state index in [1.54, 1.807) is 0 Å². The number of aromatic carboxylic acids is 1. The van der Waals surface area contributed by atoms with Gasteiger partial charge in [0.25, 0.3) is 0 Å². The normalized spacial score (nSPS) is 10.8. The third-order valence-electron chi connectivity index (χ3n) is 2.61. The molecule has 0 radical (unpaired) electrons. The van der Waals surface area contributed by atoms with Crippen molar-refractivity contribution in [1.82, 2.24) is 5.16 Å². The third-order valence-corrected chi connectivity index (χ3v) is 2.61. The molecule has 0 amide bonds. The Balaban J connectivity index is 2.20. The molecule has 0 bridgehead atoms. The van der Waals surface area contributed by atoms with Gasteiger partial charge in [0.05, 0.1) is 0 Å². The monoisotopic (exact) mass is 245 g/mol. The first kappa shape index (κ1) is 12.4. The summed E-state index contributed by atoms with van der Waals surface area (Å²) in [6.45, 7) is 4.34. The molecule has 2 rings (SSSR count). The minimum Gasteiger partial charge on any atom is -0.475 e. The first-order valence-electron chi connectivity index (χ1n) is 5.85. The van der Waals surface area contributed by atoms with Crippen LogP contribution in [0.3, 0.4) is 0 Å². The number of carboxylic acids is 1. The smallest absolute Gasteiger partial charge is 0.374 e. The van der Waals surface area contributed by atoms with E-state index in [1.807, 2.05) is 24.3 Å². The second kappa shape index (κ2) is 5.04. The number of aromatic nitrogens is 1. The Bertz CT molecular complexity index is 540. The van der Waals surface area contributed by atoms with Crippen LogP contribution >= 0.6 is 0 Å². The Labute approximate surface area is 105 Å². The van der Waals surface area contributed by atoms with Crippen LogP contribution in [0.2, 0.25) is 0 Å². The molecule has 2 aromatic rings. The maximum atomic E-state index is 10.7. The van der Waals surface area contributed by atoms with Gasteiger partial charge < -0.3 is 9.63 Å². The van der Waals surface area contributed by atoms with E-state index in [0.29, 0.717) is 11.6 Å². The van der Waals surface area contributed by atoms with Gasteiger partial charge >= 0.3 is 5.97 Å². The number of hydrogen-bond donors (Lipinski definition) is 1. The van der Waals surface area contributed by atoms with Crippen LogP contribution in [0.4, 0.5) is 0 Å². The van der Waals surface area contributed by atoms with E-state index in [-0.39, 0.29) is 5.76 Å². The molecule has 0 saturated carbocycles. The summed E-state index contributed by atoms with van der Waals surface area (Å²) in [5.41, 5.74) is 2.66. The summed E-state index contributed by atoms with van der Waals surface area (Å²) in [7, 11) is 0. The van der Waals surface area contributed by atoms with Gasteiger partial charge in [0.1, 0.15) is 5.69 Å². The highest BCUT2D eigenvalue weighted by molar-refractivity contribution is 5.85. The molecule has 1 aromatic heterocycles. The van der Waals surface area contributed by atoms with Gasteiger partial charge in [0.15, 0.2) is 0 Å². The fourth-order valence-electron chi connectivity index (χ4n) is 1.80. The second-order valence-electron chi connectivity index (χ2n) is 4.68. The summed E-state index contributed by atoms with van der Waals surface area (Å²) in [5.74, 6) is -0.636. The Hall–Kier alpha value is -2.10. The molecule has 1 aromatic carbocycles. The Kier molecular flexibility index (Phi) is 3.46. The first-order chi connectivity index (χ1) is 8.56. The van der Waals surface area contributed by atoms with Crippen LogP contribution < -0.4 is 0 Å². The maximum Gasteiger partial charge on any atom is 0.374 e. The van der Waals surface area contributed by atoms with Crippen molar-refractivity contribution in [3.05, 3.63) is 41.7 Å². The van der Waals surface area contributed by atoms with E-state index in [0.717, 1.165) is 12.0 Å². The molecule has 94 valence electrons. The van der Waals surface area contributed by atoms with Gasteiger partial charge in [-0.25, -0.2) is 4.79 Å². The zero-order chi connectivity index (χ0) is 13.1. The standard InChI is InChI=1S/C14H15NO3/c1-9(2)7-10-3-5-11(6-4-10)12-8-13(14(16)17)18-15-12/h3-6,8-9H,7H2,1-2H3,(H,16,17). The predicted molar refractivity (Wildman–Crippen MR) is 67.4 cm³/mol. The number of carboxylic acid groups (broad SMARTS) is 1. The molecule has 0 saturated heterocycles. The zero-order valence-corrected chi connectivity index (χ0v) is 10.4. The van der Waals surface area contributed by atoms with Crippen molar-refractivity contribution < 1.29 is 14.4 Å². The van der Waals surface area contributed by atoms with Crippen LogP contribution in [0.1, 0.15) is 30.0 Å². The number of hydrogen-bond acceptors (Lipinski definition) is 3. The highest BCUT2D eigenvalue weighted by Gasteiger charge is 2.12. The van der Waals surface area contributed by atoms with Crippen molar-refractivity contribution in [2.75, 3.05) is 0 Å². The summed E-state index contributed by atoms with van der Waals surface area (Å²) < 4.78 is 4.73. The maximum absolute atomic E-state index is 10.7. The molecule has 1 N–H and O–H groups in total. The van der Waals surface area contributed by atoms with E-state index in [1.165, 1.54) is 11.6 Å². The third kappa shape index (κ3) is 2.77. The Morgan fingerprint density at radius 1 is 1.33 bits per heavy atom. The summed E-state index contributed by atoms with van der Waals surface area (Å²) in [5, 5.41) is 12.5. The summed E-state index contributed by atoms with van der Waals surface area (Å²) in [6.07, 6.45) is 1.03. The fraction of sp³-hybridized carbons (Fsp3) is 0.286. The van der Waals surface area contributed by atoms with Crippen molar-refractivity contribution in [3.63, 3.8) is 0 Å². The number of nitrogens with zero attached hydrogens (tertiary/aromatic N) is 1. The summed E-state index contributed by atoms with van der Waals surface area (Å²) in [4.78, 5) is 10.7. The molecule has 0 unspecified atom stereocenters. The average molecular weight is 245 g/mol. The molecule has 18 heavy (non-hydrogen) atoms. The van der Waals surface area contributed by atoms with Gasteiger partial charge in [0.2, 0.25) is 5.76 Å².